The van der Waals surface area contributed by atoms with Crippen LogP contribution in [0.4, 0.5) is 5.69 Å². The molecule has 8 heteroatoms. The molecule has 1 unspecified atom stereocenters. The van der Waals surface area contributed by atoms with Gasteiger partial charge in [-0.1, -0.05) is 6.07 Å². The molecule has 1 atom stereocenters. The zero-order chi connectivity index (χ0) is 14.8. The summed E-state index contributed by atoms with van der Waals surface area (Å²) in [7, 11) is -2.37. The molecule has 104 valence electrons. The van der Waals surface area contributed by atoms with E-state index in [1.807, 2.05) is 0 Å². The van der Waals surface area contributed by atoms with E-state index in [1.54, 1.807) is 0 Å². The molecule has 0 N–H and O–H groups in total. The van der Waals surface area contributed by atoms with Crippen molar-refractivity contribution >= 4 is 21.5 Å². The lowest BCUT2D eigenvalue weighted by molar-refractivity contribution is -0.385. The van der Waals surface area contributed by atoms with Crippen LogP contribution in [0.3, 0.4) is 0 Å². The number of benzene rings is 1. The molecule has 0 aliphatic carbocycles. The molecule has 0 saturated carbocycles. The lowest BCUT2D eigenvalue weighted by atomic mass is 9.99. The number of carbonyl (C=O) groups excluding carboxylic acids is 1. The zero-order valence-corrected chi connectivity index (χ0v) is 11.4. The predicted molar refractivity (Wildman–Crippen MR) is 66.6 cm³/mol. The first kappa shape index (κ1) is 15.1. The number of nitro groups is 1. The number of rotatable bonds is 4. The highest BCUT2D eigenvalue weighted by Crippen LogP contribution is 2.29. The lowest BCUT2D eigenvalue weighted by Gasteiger charge is -2.10. The van der Waals surface area contributed by atoms with Crippen molar-refractivity contribution in [2.24, 2.45) is 0 Å². The molecule has 19 heavy (non-hydrogen) atoms. The maximum Gasteiger partial charge on any atom is 0.313 e. The third-order valence-corrected chi connectivity index (χ3v) is 3.76. The summed E-state index contributed by atoms with van der Waals surface area (Å²) in [5.41, 5.74) is -0.301. The Bertz CT molecular complexity index is 622. The summed E-state index contributed by atoms with van der Waals surface area (Å²) in [5.74, 6) is -1.48. The van der Waals surface area contributed by atoms with Crippen LogP contribution in [0.5, 0.6) is 0 Å². The number of hydrogen-bond acceptors (Lipinski definition) is 6. The van der Waals surface area contributed by atoms with Gasteiger partial charge in [0.15, 0.2) is 9.84 Å². The summed E-state index contributed by atoms with van der Waals surface area (Å²) in [5, 5.41) is 11.0. The van der Waals surface area contributed by atoms with Crippen LogP contribution in [-0.4, -0.2) is 32.7 Å². The van der Waals surface area contributed by atoms with Gasteiger partial charge in [0.2, 0.25) is 0 Å². The normalized spacial score (nSPS) is 12.8. The fraction of sp³-hybridized carbons (Fsp3) is 0.364. The van der Waals surface area contributed by atoms with Crippen molar-refractivity contribution in [3.8, 4) is 0 Å². The van der Waals surface area contributed by atoms with Crippen molar-refractivity contribution in [1.29, 1.82) is 0 Å². The third-order valence-electron chi connectivity index (χ3n) is 2.65. The molecule has 0 aromatic heterocycles. The average Bonchev–Trinajstić information content (AvgIpc) is 2.35. The first-order chi connectivity index (χ1) is 8.68. The number of esters is 1. The Morgan fingerprint density at radius 3 is 2.42 bits per heavy atom. The van der Waals surface area contributed by atoms with Crippen LogP contribution < -0.4 is 0 Å². The average molecular weight is 287 g/mol. The maximum atomic E-state index is 11.4. The van der Waals surface area contributed by atoms with Crippen LogP contribution in [-0.2, 0) is 19.4 Å². The third kappa shape index (κ3) is 3.28. The molecular formula is C11H13NO6S. The number of hydrogen-bond donors (Lipinski definition) is 0. The van der Waals surface area contributed by atoms with E-state index in [1.165, 1.54) is 26.2 Å². The Balaban J connectivity index is 3.43. The quantitative estimate of drug-likeness (QED) is 0.469. The molecule has 0 saturated heterocycles. The fourth-order valence-electron chi connectivity index (χ4n) is 1.58. The van der Waals surface area contributed by atoms with Crippen LogP contribution in [0, 0.1) is 10.1 Å². The summed E-state index contributed by atoms with van der Waals surface area (Å²) in [4.78, 5) is 21.5. The van der Waals surface area contributed by atoms with Crippen LogP contribution in [0.1, 0.15) is 18.4 Å². The van der Waals surface area contributed by atoms with Crippen molar-refractivity contribution in [3.63, 3.8) is 0 Å². The number of carbonyl (C=O) groups is 1. The second kappa shape index (κ2) is 5.35. The van der Waals surface area contributed by atoms with Crippen molar-refractivity contribution in [1.82, 2.24) is 0 Å². The lowest BCUT2D eigenvalue weighted by Crippen LogP contribution is -2.13. The molecule has 0 spiro atoms. The highest BCUT2D eigenvalue weighted by atomic mass is 32.2. The van der Waals surface area contributed by atoms with Gasteiger partial charge in [-0.05, 0) is 13.0 Å². The largest absolute Gasteiger partial charge is 0.469 e. The van der Waals surface area contributed by atoms with Crippen LogP contribution in [0.25, 0.3) is 0 Å². The van der Waals surface area contributed by atoms with Gasteiger partial charge < -0.3 is 4.74 Å². The van der Waals surface area contributed by atoms with Crippen LogP contribution in [0.15, 0.2) is 23.1 Å². The summed E-state index contributed by atoms with van der Waals surface area (Å²) >= 11 is 0. The molecule has 0 fully saturated rings. The standard InChI is InChI=1S/C11H13NO6S/c1-7(11(13)18-2)9-5-4-8(19(3,16)17)6-10(9)12(14)15/h4-7H,1-3H3. The molecule has 0 bridgehead atoms. The molecule has 1 rings (SSSR count). The van der Waals surface area contributed by atoms with Gasteiger partial charge in [-0.15, -0.1) is 0 Å². The summed E-state index contributed by atoms with van der Waals surface area (Å²) < 4.78 is 27.2. The molecule has 1 aromatic rings. The highest BCUT2D eigenvalue weighted by molar-refractivity contribution is 7.90. The Kier molecular flexibility index (Phi) is 4.25. The van der Waals surface area contributed by atoms with E-state index in [2.05, 4.69) is 4.74 Å². The van der Waals surface area contributed by atoms with Gasteiger partial charge in [0.1, 0.15) is 0 Å². The Morgan fingerprint density at radius 1 is 1.42 bits per heavy atom. The summed E-state index contributed by atoms with van der Waals surface area (Å²) in [6.07, 6.45) is 0.954. The van der Waals surface area contributed by atoms with E-state index in [0.29, 0.717) is 0 Å². The second-order valence-electron chi connectivity index (χ2n) is 3.99. The summed E-state index contributed by atoms with van der Waals surface area (Å²) in [6.45, 7) is 1.45. The van der Waals surface area contributed by atoms with Crippen molar-refractivity contribution < 1.29 is 22.9 Å². The van der Waals surface area contributed by atoms with E-state index >= 15 is 0 Å². The maximum absolute atomic E-state index is 11.4. The zero-order valence-electron chi connectivity index (χ0n) is 10.6. The van der Waals surface area contributed by atoms with Gasteiger partial charge in [-0.2, -0.15) is 0 Å². The Morgan fingerprint density at radius 2 is 2.00 bits per heavy atom. The smallest absolute Gasteiger partial charge is 0.313 e. The molecule has 0 aliphatic heterocycles. The SMILES string of the molecule is COC(=O)C(C)c1ccc(S(C)(=O)=O)cc1[N+](=O)[O-]. The van der Waals surface area contributed by atoms with Crippen molar-refractivity contribution in [2.45, 2.75) is 17.7 Å². The number of nitro benzene ring substituents is 1. The minimum atomic E-state index is -3.55. The van der Waals surface area contributed by atoms with Crippen molar-refractivity contribution in [2.75, 3.05) is 13.4 Å². The number of methoxy groups -OCH3 is 1. The molecule has 7 nitrogen and oxygen atoms in total. The predicted octanol–water partition coefficient (Wildman–Crippen LogP) is 1.27. The Labute approximate surface area is 110 Å². The van der Waals surface area contributed by atoms with Gasteiger partial charge in [0.05, 0.1) is 22.8 Å². The van der Waals surface area contributed by atoms with Gasteiger partial charge in [0, 0.05) is 17.9 Å². The highest BCUT2D eigenvalue weighted by Gasteiger charge is 2.26. The minimum absolute atomic E-state index is 0.115. The van der Waals surface area contributed by atoms with E-state index in [0.717, 1.165) is 12.3 Å². The molecule has 0 heterocycles. The van der Waals surface area contributed by atoms with Gasteiger partial charge >= 0.3 is 5.97 Å². The fourth-order valence-corrected chi connectivity index (χ4v) is 2.22. The van der Waals surface area contributed by atoms with E-state index in [4.69, 9.17) is 0 Å². The van der Waals surface area contributed by atoms with Gasteiger partial charge in [-0.25, -0.2) is 8.42 Å². The number of ether oxygens (including phenoxy) is 1. The minimum Gasteiger partial charge on any atom is -0.469 e. The second-order valence-corrected chi connectivity index (χ2v) is 6.01. The van der Waals surface area contributed by atoms with Gasteiger partial charge in [0.25, 0.3) is 5.69 Å². The van der Waals surface area contributed by atoms with Gasteiger partial charge in [-0.3, -0.25) is 14.9 Å². The summed E-state index contributed by atoms with van der Waals surface area (Å²) in [6, 6.07) is 3.44. The first-order valence-electron chi connectivity index (χ1n) is 5.24. The first-order valence-corrected chi connectivity index (χ1v) is 7.14. The molecular weight excluding hydrogens is 274 g/mol. The van der Waals surface area contributed by atoms with Crippen LogP contribution >= 0.6 is 0 Å². The number of sulfone groups is 1. The van der Waals surface area contributed by atoms with Crippen molar-refractivity contribution in [3.05, 3.63) is 33.9 Å². The van der Waals surface area contributed by atoms with Crippen LogP contribution in [0.2, 0.25) is 0 Å². The number of nitrogens with zero attached hydrogens (tertiary/aromatic N) is 1. The molecule has 0 aliphatic rings. The van der Waals surface area contributed by atoms with E-state index < -0.39 is 32.3 Å². The monoisotopic (exact) mass is 287 g/mol. The Hall–Kier alpha value is -1.96. The van der Waals surface area contributed by atoms with E-state index in [9.17, 15) is 23.3 Å². The van der Waals surface area contributed by atoms with E-state index in [-0.39, 0.29) is 10.5 Å². The topological polar surface area (TPSA) is 104 Å². The molecule has 0 radical (unpaired) electrons. The molecule has 1 aromatic carbocycles. The molecule has 0 amide bonds.